The van der Waals surface area contributed by atoms with Crippen LogP contribution in [0.25, 0.3) is 44.2 Å². The molecule has 6 aromatic rings. The second-order valence-corrected chi connectivity index (χ2v) is 13.8. The van der Waals surface area contributed by atoms with Gasteiger partial charge in [0.25, 0.3) is 15.9 Å². The number of sulfonamides is 1. The number of nitrogens with zero attached hydrogens (tertiary/aromatic N) is 4. The Labute approximate surface area is 274 Å². The lowest BCUT2D eigenvalue weighted by atomic mass is 9.92. The molecular weight excluding hydrogens is 614 g/mol. The SMILES string of the molecule is CN(C)CCCN(C)C(=O)c1ccc(-c2cnc3[nH]c4ccc(N(C)S(=O)(=O)c5ccccc5F)cc4c3c2-c2ccccc2)cc1. The fourth-order valence-electron chi connectivity index (χ4n) is 5.84. The van der Waals surface area contributed by atoms with Crippen LogP contribution in [-0.4, -0.2) is 75.4 Å². The number of halogens is 1. The summed E-state index contributed by atoms with van der Waals surface area (Å²) < 4.78 is 42.6. The summed E-state index contributed by atoms with van der Waals surface area (Å²) in [7, 11) is 3.10. The second kappa shape index (κ2) is 13.0. The molecule has 2 heterocycles. The largest absolute Gasteiger partial charge is 0.342 e. The van der Waals surface area contributed by atoms with Crippen molar-refractivity contribution < 1.29 is 17.6 Å². The minimum atomic E-state index is -4.17. The average molecular weight is 650 g/mol. The highest BCUT2D eigenvalue weighted by Crippen LogP contribution is 2.41. The van der Waals surface area contributed by atoms with Gasteiger partial charge in [0.05, 0.1) is 5.69 Å². The number of hydrogen-bond donors (Lipinski definition) is 1. The van der Waals surface area contributed by atoms with Crippen LogP contribution in [0.4, 0.5) is 10.1 Å². The highest BCUT2D eigenvalue weighted by molar-refractivity contribution is 7.92. The van der Waals surface area contributed by atoms with Gasteiger partial charge in [-0.3, -0.25) is 9.10 Å². The molecule has 0 aliphatic rings. The van der Waals surface area contributed by atoms with Crippen molar-refractivity contribution >= 4 is 43.6 Å². The van der Waals surface area contributed by atoms with Gasteiger partial charge in [-0.2, -0.15) is 0 Å². The summed E-state index contributed by atoms with van der Waals surface area (Å²) in [5.41, 5.74) is 6.02. The second-order valence-electron chi connectivity index (χ2n) is 11.9. The Bertz CT molecular complexity index is 2180. The highest BCUT2D eigenvalue weighted by Gasteiger charge is 2.26. The van der Waals surface area contributed by atoms with Crippen molar-refractivity contribution in [3.05, 3.63) is 115 Å². The maximum absolute atomic E-state index is 14.6. The van der Waals surface area contributed by atoms with Crippen LogP contribution < -0.4 is 4.31 Å². The zero-order valence-electron chi connectivity index (χ0n) is 26.7. The first-order valence-electron chi connectivity index (χ1n) is 15.3. The number of amides is 1. The number of pyridine rings is 1. The van der Waals surface area contributed by atoms with Gasteiger partial charge in [0.1, 0.15) is 16.4 Å². The molecule has 0 unspecified atom stereocenters. The Morgan fingerprint density at radius 2 is 1.53 bits per heavy atom. The van der Waals surface area contributed by atoms with E-state index < -0.39 is 20.7 Å². The lowest BCUT2D eigenvalue weighted by Crippen LogP contribution is -2.29. The first-order chi connectivity index (χ1) is 22.6. The molecule has 10 heteroatoms. The summed E-state index contributed by atoms with van der Waals surface area (Å²) in [5.74, 6) is -0.845. The molecule has 0 spiro atoms. The number of aromatic amines is 1. The van der Waals surface area contributed by atoms with Crippen molar-refractivity contribution in [1.82, 2.24) is 19.8 Å². The fraction of sp³-hybridized carbons (Fsp3) is 0.189. The average Bonchev–Trinajstić information content (AvgIpc) is 3.45. The van der Waals surface area contributed by atoms with Crippen LogP contribution in [0.1, 0.15) is 16.8 Å². The van der Waals surface area contributed by atoms with Gasteiger partial charge in [-0.25, -0.2) is 17.8 Å². The third-order valence-corrected chi connectivity index (χ3v) is 10.2. The quantitative estimate of drug-likeness (QED) is 0.172. The highest BCUT2D eigenvalue weighted by atomic mass is 32.2. The molecule has 0 saturated heterocycles. The zero-order valence-corrected chi connectivity index (χ0v) is 27.6. The number of nitrogens with one attached hydrogen (secondary N) is 1. The van der Waals surface area contributed by atoms with Crippen molar-refractivity contribution in [3.63, 3.8) is 0 Å². The van der Waals surface area contributed by atoms with Gasteiger partial charge >= 0.3 is 0 Å². The fourth-order valence-corrected chi connectivity index (χ4v) is 7.09. The van der Waals surface area contributed by atoms with E-state index >= 15 is 0 Å². The number of rotatable bonds is 10. The first-order valence-corrected chi connectivity index (χ1v) is 16.7. The van der Waals surface area contributed by atoms with Crippen LogP contribution in [0.2, 0.25) is 0 Å². The molecule has 0 fully saturated rings. The number of aromatic nitrogens is 2. The molecule has 0 saturated carbocycles. The van der Waals surface area contributed by atoms with E-state index in [2.05, 4.69) is 9.88 Å². The monoisotopic (exact) mass is 649 g/mol. The predicted molar refractivity (Wildman–Crippen MR) is 187 cm³/mol. The Hall–Kier alpha value is -5.06. The predicted octanol–water partition coefficient (Wildman–Crippen LogP) is 7.04. The van der Waals surface area contributed by atoms with E-state index in [4.69, 9.17) is 4.98 Å². The van der Waals surface area contributed by atoms with Gasteiger partial charge in [-0.05, 0) is 80.7 Å². The number of anilines is 1. The normalized spacial score (nSPS) is 11.8. The molecule has 0 aliphatic carbocycles. The number of carbonyl (C=O) groups is 1. The maximum atomic E-state index is 14.6. The Kier molecular flexibility index (Phi) is 8.81. The van der Waals surface area contributed by atoms with Crippen molar-refractivity contribution in [2.45, 2.75) is 11.3 Å². The van der Waals surface area contributed by atoms with Crippen molar-refractivity contribution in [3.8, 4) is 22.3 Å². The number of fused-ring (bicyclic) bond motifs is 3. The van der Waals surface area contributed by atoms with E-state index in [1.807, 2.05) is 88.0 Å². The van der Waals surface area contributed by atoms with Crippen molar-refractivity contribution in [2.24, 2.45) is 0 Å². The molecule has 0 bridgehead atoms. The van der Waals surface area contributed by atoms with Gasteiger partial charge in [0, 0.05) is 59.8 Å². The number of carbonyl (C=O) groups excluding carboxylic acids is 1. The molecule has 2 aromatic heterocycles. The molecule has 4 aromatic carbocycles. The zero-order chi connectivity index (χ0) is 33.3. The summed E-state index contributed by atoms with van der Waals surface area (Å²) in [6, 6.07) is 28.1. The van der Waals surface area contributed by atoms with Gasteiger partial charge < -0.3 is 14.8 Å². The van der Waals surface area contributed by atoms with E-state index in [1.165, 1.54) is 25.2 Å². The number of H-pyrrole nitrogens is 1. The van der Waals surface area contributed by atoms with E-state index in [1.54, 1.807) is 17.0 Å². The van der Waals surface area contributed by atoms with Crippen LogP contribution in [0.5, 0.6) is 0 Å². The smallest absolute Gasteiger partial charge is 0.266 e. The molecule has 47 heavy (non-hydrogen) atoms. The summed E-state index contributed by atoms with van der Waals surface area (Å²) in [4.78, 5) is 24.8. The summed E-state index contributed by atoms with van der Waals surface area (Å²) in [6.07, 6.45) is 2.70. The Morgan fingerprint density at radius 3 is 2.23 bits per heavy atom. The molecule has 0 atom stereocenters. The van der Waals surface area contributed by atoms with E-state index in [-0.39, 0.29) is 5.91 Å². The molecule has 6 rings (SSSR count). The lowest BCUT2D eigenvalue weighted by Gasteiger charge is -2.20. The molecule has 8 nitrogen and oxygen atoms in total. The summed E-state index contributed by atoms with van der Waals surface area (Å²) in [6.45, 7) is 1.57. The molecular formula is C37H36FN5O3S. The molecule has 0 radical (unpaired) electrons. The van der Waals surface area contributed by atoms with E-state index in [0.717, 1.165) is 61.9 Å². The lowest BCUT2D eigenvalue weighted by molar-refractivity contribution is 0.0790. The maximum Gasteiger partial charge on any atom is 0.266 e. The van der Waals surface area contributed by atoms with Gasteiger partial charge in [-0.1, -0.05) is 54.6 Å². The standard InChI is InChI=1S/C37H36FN5O3S/c1-41(2)21-10-22-42(3)37(44)27-17-15-25(16-18-27)30-24-39-36-35(34(30)26-11-6-5-7-12-26)29-23-28(19-20-32(29)40-36)43(4)47(45,46)33-14-9-8-13-31(33)38/h5-9,11-20,23-24H,10,21-22H2,1-4H3,(H,39,40). The van der Waals surface area contributed by atoms with Crippen LogP contribution in [0.3, 0.4) is 0 Å². The minimum absolute atomic E-state index is 0.0363. The topological polar surface area (TPSA) is 89.6 Å². The number of hydrogen-bond acceptors (Lipinski definition) is 5. The molecule has 240 valence electrons. The van der Waals surface area contributed by atoms with Crippen LogP contribution >= 0.6 is 0 Å². The van der Waals surface area contributed by atoms with Gasteiger partial charge in [0.2, 0.25) is 0 Å². The summed E-state index contributed by atoms with van der Waals surface area (Å²) >= 11 is 0. The third kappa shape index (κ3) is 6.22. The van der Waals surface area contributed by atoms with Crippen LogP contribution in [0, 0.1) is 5.82 Å². The van der Waals surface area contributed by atoms with Gasteiger partial charge in [-0.15, -0.1) is 0 Å². The van der Waals surface area contributed by atoms with E-state index in [9.17, 15) is 17.6 Å². The van der Waals surface area contributed by atoms with Crippen LogP contribution in [0.15, 0.2) is 108 Å². The van der Waals surface area contributed by atoms with E-state index in [0.29, 0.717) is 23.4 Å². The molecule has 0 aliphatic heterocycles. The van der Waals surface area contributed by atoms with Crippen LogP contribution in [-0.2, 0) is 10.0 Å². The minimum Gasteiger partial charge on any atom is -0.342 e. The summed E-state index contributed by atoms with van der Waals surface area (Å²) in [5, 5.41) is 1.59. The first kappa shape index (κ1) is 31.9. The van der Waals surface area contributed by atoms with Gasteiger partial charge in [0.15, 0.2) is 0 Å². The Morgan fingerprint density at radius 1 is 0.830 bits per heavy atom. The molecule has 1 N–H and O–H groups in total. The van der Waals surface area contributed by atoms with Crippen molar-refractivity contribution in [2.75, 3.05) is 45.6 Å². The third-order valence-electron chi connectivity index (χ3n) is 8.39. The Balaban J connectivity index is 1.45. The van der Waals surface area contributed by atoms with Crippen molar-refractivity contribution in [1.29, 1.82) is 0 Å². The number of benzene rings is 4. The molecule has 1 amide bonds.